The summed E-state index contributed by atoms with van der Waals surface area (Å²) >= 11 is 0. The van der Waals surface area contributed by atoms with Crippen LogP contribution in [0.5, 0.6) is 0 Å². The van der Waals surface area contributed by atoms with Crippen molar-refractivity contribution in [2.24, 2.45) is 7.05 Å². The van der Waals surface area contributed by atoms with Crippen LogP contribution in [0.25, 0.3) is 0 Å². The molecule has 0 spiro atoms. The molecule has 0 bridgehead atoms. The van der Waals surface area contributed by atoms with Crippen LogP contribution in [0.3, 0.4) is 0 Å². The van der Waals surface area contributed by atoms with E-state index in [9.17, 15) is 9.59 Å². The van der Waals surface area contributed by atoms with Gasteiger partial charge in [-0.3, -0.25) is 4.79 Å². The van der Waals surface area contributed by atoms with Crippen molar-refractivity contribution < 1.29 is 14.7 Å². The second-order valence-electron chi connectivity index (χ2n) is 2.96. The van der Waals surface area contributed by atoms with E-state index in [1.165, 1.54) is 13.3 Å². The standard InChI is InChI=1S/C8H11N3O3/c1-5(10-8(13)14)7(12)6-3-11(2)4-9-6/h3-5,10H,1-2H3,(H,13,14)/t5-/m0/s1. The Morgan fingerprint density at radius 1 is 1.64 bits per heavy atom. The Labute approximate surface area is 80.6 Å². The summed E-state index contributed by atoms with van der Waals surface area (Å²) in [4.78, 5) is 25.6. The number of carboxylic acid groups (broad SMARTS) is 1. The first kappa shape index (κ1) is 10.2. The minimum absolute atomic E-state index is 0.258. The number of amides is 1. The summed E-state index contributed by atoms with van der Waals surface area (Å²) < 4.78 is 1.63. The molecule has 2 N–H and O–H groups in total. The zero-order valence-electron chi connectivity index (χ0n) is 7.89. The number of imidazole rings is 1. The number of rotatable bonds is 3. The highest BCUT2D eigenvalue weighted by atomic mass is 16.4. The quantitative estimate of drug-likeness (QED) is 0.680. The molecule has 0 aliphatic heterocycles. The minimum atomic E-state index is -1.22. The van der Waals surface area contributed by atoms with Gasteiger partial charge in [0.05, 0.1) is 12.4 Å². The van der Waals surface area contributed by atoms with E-state index in [0.717, 1.165) is 0 Å². The number of Topliss-reactive ketones (excluding diaryl/α,β-unsaturated/α-hetero) is 1. The smallest absolute Gasteiger partial charge is 0.405 e. The number of nitrogens with one attached hydrogen (secondary N) is 1. The summed E-state index contributed by atoms with van der Waals surface area (Å²) in [5.41, 5.74) is 0.258. The van der Waals surface area contributed by atoms with Gasteiger partial charge in [-0.2, -0.15) is 0 Å². The molecule has 1 amide bonds. The van der Waals surface area contributed by atoms with Gasteiger partial charge < -0.3 is 15.0 Å². The molecule has 14 heavy (non-hydrogen) atoms. The van der Waals surface area contributed by atoms with Crippen LogP contribution in [0.2, 0.25) is 0 Å². The average Bonchev–Trinajstić information content (AvgIpc) is 2.49. The molecular formula is C8H11N3O3. The van der Waals surface area contributed by atoms with Gasteiger partial charge in [0.25, 0.3) is 0 Å². The summed E-state index contributed by atoms with van der Waals surface area (Å²) in [6.07, 6.45) is 1.81. The van der Waals surface area contributed by atoms with Gasteiger partial charge in [-0.1, -0.05) is 0 Å². The Morgan fingerprint density at radius 3 is 2.71 bits per heavy atom. The van der Waals surface area contributed by atoms with Crippen molar-refractivity contribution in [1.29, 1.82) is 0 Å². The van der Waals surface area contributed by atoms with Gasteiger partial charge in [0.2, 0.25) is 5.78 Å². The highest BCUT2D eigenvalue weighted by Gasteiger charge is 2.18. The van der Waals surface area contributed by atoms with E-state index in [2.05, 4.69) is 10.3 Å². The third-order valence-electron chi connectivity index (χ3n) is 1.69. The zero-order chi connectivity index (χ0) is 10.7. The van der Waals surface area contributed by atoms with Crippen LogP contribution in [-0.4, -0.2) is 32.6 Å². The molecule has 0 aliphatic rings. The zero-order valence-corrected chi connectivity index (χ0v) is 7.89. The molecular weight excluding hydrogens is 186 g/mol. The Bertz CT molecular complexity index is 358. The molecule has 1 aromatic heterocycles. The minimum Gasteiger partial charge on any atom is -0.465 e. The summed E-state index contributed by atoms with van der Waals surface area (Å²) in [6, 6.07) is -0.776. The maximum absolute atomic E-state index is 11.5. The van der Waals surface area contributed by atoms with Gasteiger partial charge >= 0.3 is 6.09 Å². The van der Waals surface area contributed by atoms with Crippen molar-refractivity contribution in [2.45, 2.75) is 13.0 Å². The number of carbonyl (C=O) groups is 2. The van der Waals surface area contributed by atoms with Crippen LogP contribution >= 0.6 is 0 Å². The van der Waals surface area contributed by atoms with Crippen LogP contribution in [0, 0.1) is 0 Å². The van der Waals surface area contributed by atoms with Crippen LogP contribution in [0.4, 0.5) is 4.79 Å². The summed E-state index contributed by atoms with van der Waals surface area (Å²) in [6.45, 7) is 1.48. The highest BCUT2D eigenvalue weighted by Crippen LogP contribution is 1.99. The number of nitrogens with zero attached hydrogens (tertiary/aromatic N) is 2. The Balaban J connectivity index is 2.70. The van der Waals surface area contributed by atoms with E-state index in [4.69, 9.17) is 5.11 Å². The van der Waals surface area contributed by atoms with Crippen molar-refractivity contribution >= 4 is 11.9 Å². The van der Waals surface area contributed by atoms with Crippen LogP contribution in [0.15, 0.2) is 12.5 Å². The Kier molecular flexibility index (Phi) is 2.85. The highest BCUT2D eigenvalue weighted by molar-refractivity contribution is 5.99. The van der Waals surface area contributed by atoms with Crippen molar-refractivity contribution in [2.75, 3.05) is 0 Å². The predicted molar refractivity (Wildman–Crippen MR) is 48.2 cm³/mol. The lowest BCUT2D eigenvalue weighted by molar-refractivity contribution is 0.0941. The average molecular weight is 197 g/mol. The third kappa shape index (κ3) is 2.32. The molecule has 0 unspecified atom stereocenters. The normalized spacial score (nSPS) is 12.1. The van der Waals surface area contributed by atoms with E-state index in [-0.39, 0.29) is 11.5 Å². The van der Waals surface area contributed by atoms with E-state index >= 15 is 0 Å². The molecule has 0 aromatic carbocycles. The van der Waals surface area contributed by atoms with E-state index in [1.807, 2.05) is 0 Å². The van der Waals surface area contributed by atoms with Crippen LogP contribution in [-0.2, 0) is 7.05 Å². The number of hydrogen-bond acceptors (Lipinski definition) is 3. The SMILES string of the molecule is C[C@H](NC(=O)O)C(=O)c1cn(C)cn1. The van der Waals surface area contributed by atoms with Gasteiger partial charge in [-0.05, 0) is 6.92 Å². The summed E-state index contributed by atoms with van der Waals surface area (Å²) in [5.74, 6) is -0.340. The number of aryl methyl sites for hydroxylation is 1. The second-order valence-corrected chi connectivity index (χ2v) is 2.96. The Morgan fingerprint density at radius 2 is 2.29 bits per heavy atom. The number of hydrogen-bond donors (Lipinski definition) is 2. The molecule has 1 aromatic rings. The maximum Gasteiger partial charge on any atom is 0.405 e. The van der Waals surface area contributed by atoms with Gasteiger partial charge in [0.15, 0.2) is 0 Å². The first-order chi connectivity index (χ1) is 6.50. The van der Waals surface area contributed by atoms with Crippen molar-refractivity contribution in [3.8, 4) is 0 Å². The first-order valence-electron chi connectivity index (χ1n) is 4.02. The fourth-order valence-corrected chi connectivity index (χ4v) is 1.01. The summed E-state index contributed by atoms with van der Waals surface area (Å²) in [5, 5.41) is 10.5. The molecule has 0 aliphatic carbocycles. The molecule has 0 saturated heterocycles. The Hall–Kier alpha value is -1.85. The molecule has 6 nitrogen and oxygen atoms in total. The summed E-state index contributed by atoms with van der Waals surface area (Å²) in [7, 11) is 1.74. The lowest BCUT2D eigenvalue weighted by Crippen LogP contribution is -2.37. The van der Waals surface area contributed by atoms with Gasteiger partial charge in [-0.25, -0.2) is 9.78 Å². The van der Waals surface area contributed by atoms with E-state index < -0.39 is 12.1 Å². The molecule has 1 atom stereocenters. The predicted octanol–water partition coefficient (Wildman–Crippen LogP) is 0.259. The first-order valence-corrected chi connectivity index (χ1v) is 4.02. The molecule has 0 saturated carbocycles. The van der Waals surface area contributed by atoms with E-state index in [1.54, 1.807) is 17.8 Å². The van der Waals surface area contributed by atoms with Crippen LogP contribution in [0.1, 0.15) is 17.4 Å². The second kappa shape index (κ2) is 3.91. The monoisotopic (exact) mass is 197 g/mol. The van der Waals surface area contributed by atoms with Crippen LogP contribution < -0.4 is 5.32 Å². The van der Waals surface area contributed by atoms with Gasteiger partial charge in [0, 0.05) is 13.2 Å². The molecule has 76 valence electrons. The molecule has 0 fully saturated rings. The largest absolute Gasteiger partial charge is 0.465 e. The van der Waals surface area contributed by atoms with Crippen molar-refractivity contribution in [3.63, 3.8) is 0 Å². The molecule has 1 rings (SSSR count). The van der Waals surface area contributed by atoms with Crippen molar-refractivity contribution in [3.05, 3.63) is 18.2 Å². The lowest BCUT2D eigenvalue weighted by atomic mass is 10.2. The van der Waals surface area contributed by atoms with Gasteiger partial charge in [0.1, 0.15) is 5.69 Å². The number of aromatic nitrogens is 2. The van der Waals surface area contributed by atoms with Gasteiger partial charge in [-0.15, -0.1) is 0 Å². The lowest BCUT2D eigenvalue weighted by Gasteiger charge is -2.07. The van der Waals surface area contributed by atoms with E-state index in [0.29, 0.717) is 0 Å². The number of carbonyl (C=O) groups excluding carboxylic acids is 1. The topological polar surface area (TPSA) is 84.2 Å². The van der Waals surface area contributed by atoms with Crippen molar-refractivity contribution in [1.82, 2.24) is 14.9 Å². The maximum atomic E-state index is 11.5. The fraction of sp³-hybridized carbons (Fsp3) is 0.375. The fourth-order valence-electron chi connectivity index (χ4n) is 1.01. The third-order valence-corrected chi connectivity index (χ3v) is 1.69. The molecule has 1 heterocycles. The number of ketones is 1. The molecule has 6 heteroatoms. The molecule has 0 radical (unpaired) electrons.